The summed E-state index contributed by atoms with van der Waals surface area (Å²) in [4.78, 5) is 15.7. The number of aromatic nitrogens is 3. The molecule has 0 bridgehead atoms. The molecule has 1 saturated heterocycles. The molecule has 2 aromatic rings. The fourth-order valence-electron chi connectivity index (χ4n) is 3.07. The molecule has 5 nitrogen and oxygen atoms in total. The fraction of sp³-hybridized carbons (Fsp3) is 0.471. The third-order valence-corrected chi connectivity index (χ3v) is 4.50. The average molecular weight is 369 g/mol. The van der Waals surface area contributed by atoms with E-state index in [-0.39, 0.29) is 0 Å². The highest BCUT2D eigenvalue weighted by Gasteiger charge is 2.31. The molecule has 1 aliphatic heterocycles. The largest absolute Gasteiger partial charge is 0.416 e. The molecule has 3 heterocycles. The summed E-state index contributed by atoms with van der Waals surface area (Å²) < 4.78 is 51.4. The number of rotatable bonds is 4. The van der Waals surface area contributed by atoms with Crippen LogP contribution in [0, 0.1) is 11.7 Å². The van der Waals surface area contributed by atoms with Gasteiger partial charge in [-0.1, -0.05) is 0 Å². The average Bonchev–Trinajstić information content (AvgIpc) is 2.62. The topological polar surface area (TPSA) is 45.2 Å². The summed E-state index contributed by atoms with van der Waals surface area (Å²) in [5.74, 6) is 0.661. The second-order valence-corrected chi connectivity index (χ2v) is 6.41. The van der Waals surface area contributed by atoms with Crippen molar-refractivity contribution in [1.82, 2.24) is 15.0 Å². The zero-order valence-corrected chi connectivity index (χ0v) is 14.2. The van der Waals surface area contributed by atoms with Gasteiger partial charge in [0.1, 0.15) is 5.82 Å². The lowest BCUT2D eigenvalue weighted by Crippen LogP contribution is -2.38. The summed E-state index contributed by atoms with van der Waals surface area (Å²) >= 11 is 0. The molecule has 0 aromatic carbocycles. The van der Waals surface area contributed by atoms with E-state index in [4.69, 9.17) is 0 Å². The van der Waals surface area contributed by atoms with Gasteiger partial charge in [-0.2, -0.15) is 13.2 Å². The van der Waals surface area contributed by atoms with Gasteiger partial charge < -0.3 is 9.80 Å². The second kappa shape index (κ2) is 7.43. The lowest BCUT2D eigenvalue weighted by molar-refractivity contribution is -0.137. The maximum absolute atomic E-state index is 12.9. The van der Waals surface area contributed by atoms with Gasteiger partial charge in [0.25, 0.3) is 0 Å². The van der Waals surface area contributed by atoms with Gasteiger partial charge in [-0.15, -0.1) is 0 Å². The zero-order valence-electron chi connectivity index (χ0n) is 14.2. The Morgan fingerprint density at radius 1 is 1.15 bits per heavy atom. The highest BCUT2D eigenvalue weighted by Crippen LogP contribution is 2.31. The van der Waals surface area contributed by atoms with Crippen LogP contribution in [0.2, 0.25) is 0 Å². The number of piperidine rings is 1. The van der Waals surface area contributed by atoms with Gasteiger partial charge in [-0.25, -0.2) is 19.3 Å². The van der Waals surface area contributed by atoms with Crippen LogP contribution >= 0.6 is 0 Å². The second-order valence-electron chi connectivity index (χ2n) is 6.41. The van der Waals surface area contributed by atoms with E-state index in [1.807, 2.05) is 4.90 Å². The quantitative estimate of drug-likeness (QED) is 0.773. The molecule has 1 fully saturated rings. The molecule has 0 unspecified atom stereocenters. The molecule has 0 radical (unpaired) electrons. The lowest BCUT2D eigenvalue weighted by atomic mass is 9.96. The lowest BCUT2D eigenvalue weighted by Gasteiger charge is -2.34. The van der Waals surface area contributed by atoms with Crippen LogP contribution in [0.5, 0.6) is 0 Å². The van der Waals surface area contributed by atoms with E-state index in [9.17, 15) is 17.6 Å². The fourth-order valence-corrected chi connectivity index (χ4v) is 3.07. The van der Waals surface area contributed by atoms with Crippen molar-refractivity contribution in [2.24, 2.45) is 5.92 Å². The number of alkyl halides is 3. The minimum atomic E-state index is -4.38. The molecule has 0 saturated carbocycles. The van der Waals surface area contributed by atoms with Gasteiger partial charge in [0.2, 0.25) is 5.95 Å². The summed E-state index contributed by atoms with van der Waals surface area (Å²) in [5.41, 5.74) is -0.697. The molecule has 0 amide bonds. The first-order valence-corrected chi connectivity index (χ1v) is 8.30. The van der Waals surface area contributed by atoms with E-state index in [1.165, 1.54) is 6.20 Å². The van der Waals surface area contributed by atoms with Crippen LogP contribution in [0.3, 0.4) is 0 Å². The van der Waals surface area contributed by atoms with Crippen molar-refractivity contribution in [3.8, 4) is 0 Å². The summed E-state index contributed by atoms with van der Waals surface area (Å²) in [6.45, 7) is 2.06. The van der Waals surface area contributed by atoms with Gasteiger partial charge >= 0.3 is 6.18 Å². The van der Waals surface area contributed by atoms with Crippen LogP contribution in [0.25, 0.3) is 0 Å². The van der Waals surface area contributed by atoms with Crippen LogP contribution in [-0.2, 0) is 6.18 Å². The normalized spacial score (nSPS) is 16.0. The minimum absolute atomic E-state index is 0.309. The van der Waals surface area contributed by atoms with E-state index < -0.39 is 17.6 Å². The number of pyridine rings is 1. The third-order valence-electron chi connectivity index (χ3n) is 4.50. The van der Waals surface area contributed by atoms with Crippen LogP contribution in [0.15, 0.2) is 30.7 Å². The van der Waals surface area contributed by atoms with E-state index in [2.05, 4.69) is 15.0 Å². The maximum Gasteiger partial charge on any atom is 0.416 e. The molecular weight excluding hydrogens is 350 g/mol. The van der Waals surface area contributed by atoms with E-state index in [1.54, 1.807) is 11.9 Å². The first kappa shape index (κ1) is 18.3. The number of nitrogens with zero attached hydrogens (tertiary/aromatic N) is 5. The summed E-state index contributed by atoms with van der Waals surface area (Å²) in [6, 6.07) is 2.04. The molecule has 2 aromatic heterocycles. The van der Waals surface area contributed by atoms with Gasteiger partial charge in [-0.05, 0) is 30.9 Å². The molecule has 9 heteroatoms. The van der Waals surface area contributed by atoms with Gasteiger partial charge in [0.15, 0.2) is 5.82 Å². The molecule has 26 heavy (non-hydrogen) atoms. The molecular formula is C17H19F4N5. The number of halogens is 4. The van der Waals surface area contributed by atoms with Crippen LogP contribution in [0.1, 0.15) is 18.4 Å². The Hall–Kier alpha value is -2.45. The van der Waals surface area contributed by atoms with Crippen molar-refractivity contribution >= 4 is 11.8 Å². The molecule has 0 atom stereocenters. The van der Waals surface area contributed by atoms with Gasteiger partial charge in [0.05, 0.1) is 18.0 Å². The predicted octanol–water partition coefficient (Wildman–Crippen LogP) is 3.38. The number of anilines is 2. The molecule has 140 valence electrons. The first-order valence-electron chi connectivity index (χ1n) is 8.30. The van der Waals surface area contributed by atoms with Crippen molar-refractivity contribution in [3.05, 3.63) is 42.1 Å². The summed E-state index contributed by atoms with van der Waals surface area (Å²) in [6.07, 6.45) is 0.791. The van der Waals surface area contributed by atoms with E-state index >= 15 is 0 Å². The highest BCUT2D eigenvalue weighted by atomic mass is 19.4. The first-order chi connectivity index (χ1) is 12.3. The number of hydrogen-bond acceptors (Lipinski definition) is 5. The predicted molar refractivity (Wildman–Crippen MR) is 89.4 cm³/mol. The smallest absolute Gasteiger partial charge is 0.359 e. The Labute approximate surface area is 148 Å². The Kier molecular flexibility index (Phi) is 5.24. The van der Waals surface area contributed by atoms with E-state index in [0.717, 1.165) is 50.5 Å². The van der Waals surface area contributed by atoms with Crippen LogP contribution in [-0.4, -0.2) is 41.6 Å². The van der Waals surface area contributed by atoms with Crippen LogP contribution < -0.4 is 9.80 Å². The molecule has 0 N–H and O–H groups in total. The van der Waals surface area contributed by atoms with Crippen molar-refractivity contribution in [2.75, 3.05) is 36.5 Å². The number of hydrogen-bond donors (Lipinski definition) is 0. The monoisotopic (exact) mass is 369 g/mol. The Morgan fingerprint density at radius 3 is 2.42 bits per heavy atom. The van der Waals surface area contributed by atoms with Crippen molar-refractivity contribution < 1.29 is 17.6 Å². The van der Waals surface area contributed by atoms with Crippen LogP contribution in [0.4, 0.5) is 29.3 Å². The maximum atomic E-state index is 12.9. The molecule has 0 aliphatic carbocycles. The molecule has 3 rings (SSSR count). The Morgan fingerprint density at radius 2 is 1.81 bits per heavy atom. The van der Waals surface area contributed by atoms with E-state index in [0.29, 0.717) is 24.2 Å². The summed E-state index contributed by atoms with van der Waals surface area (Å²) in [7, 11) is 1.75. The summed E-state index contributed by atoms with van der Waals surface area (Å²) in [5, 5.41) is 0. The van der Waals surface area contributed by atoms with Crippen molar-refractivity contribution in [2.45, 2.75) is 19.0 Å². The highest BCUT2D eigenvalue weighted by molar-refractivity contribution is 5.41. The van der Waals surface area contributed by atoms with Gasteiger partial charge in [-0.3, -0.25) is 0 Å². The Balaban J connectivity index is 1.56. The van der Waals surface area contributed by atoms with Crippen molar-refractivity contribution in [3.63, 3.8) is 0 Å². The standard InChI is InChI=1S/C17H19F4N5/c1-25(15-8-13(2-5-22-15)17(19,20)21)11-12-3-6-26(7-4-12)16-23-9-14(18)10-24-16/h2,5,8-10,12H,3-4,6-7,11H2,1H3. The van der Waals surface area contributed by atoms with Gasteiger partial charge in [0, 0.05) is 32.9 Å². The zero-order chi connectivity index (χ0) is 18.7. The Bertz CT molecular complexity index is 727. The third kappa shape index (κ3) is 4.39. The molecule has 0 spiro atoms. The SMILES string of the molecule is CN(CC1CCN(c2ncc(F)cn2)CC1)c1cc(C(F)(F)F)ccn1. The molecule has 1 aliphatic rings. The minimum Gasteiger partial charge on any atom is -0.359 e. The van der Waals surface area contributed by atoms with Crippen molar-refractivity contribution in [1.29, 1.82) is 0 Å².